The highest BCUT2D eigenvalue weighted by molar-refractivity contribution is 8.00. The van der Waals surface area contributed by atoms with Crippen LogP contribution in [0.1, 0.15) is 20.3 Å². The topological polar surface area (TPSA) is 58.7 Å². The summed E-state index contributed by atoms with van der Waals surface area (Å²) in [6, 6.07) is -0.167. The number of nitrogens with zero attached hydrogens (tertiary/aromatic N) is 2. The molecule has 1 fully saturated rings. The fraction of sp³-hybridized carbons (Fsp3) is 0.778. The molecule has 2 atom stereocenters. The van der Waals surface area contributed by atoms with Crippen molar-refractivity contribution in [2.24, 2.45) is 10.7 Å². The summed E-state index contributed by atoms with van der Waals surface area (Å²) >= 11 is 1.86. The van der Waals surface area contributed by atoms with Crippen LogP contribution in [0.2, 0.25) is 0 Å². The Morgan fingerprint density at radius 3 is 3.00 bits per heavy atom. The fourth-order valence-corrected chi connectivity index (χ4v) is 3.83. The van der Waals surface area contributed by atoms with Crippen molar-refractivity contribution < 1.29 is 4.79 Å². The van der Waals surface area contributed by atoms with E-state index >= 15 is 0 Å². The van der Waals surface area contributed by atoms with Crippen LogP contribution in [0.25, 0.3) is 0 Å². The maximum atomic E-state index is 11.6. The van der Waals surface area contributed by atoms with Crippen LogP contribution in [0.5, 0.6) is 0 Å². The van der Waals surface area contributed by atoms with Crippen LogP contribution in [-0.4, -0.2) is 39.9 Å². The molecule has 2 heterocycles. The number of urea groups is 1. The Hall–Kier alpha value is -0.710. The standard InChI is InChI=1S/C9H15N3OS/c1-3-12-8(13)11-7(10)9(12)4-5-14-6(9)2/h6H,3-5H2,1-2H3,(H2,10,11,13). The Morgan fingerprint density at radius 1 is 1.79 bits per heavy atom. The molecule has 0 bridgehead atoms. The first-order chi connectivity index (χ1) is 6.63. The number of aliphatic imine (C=N–C) groups is 1. The van der Waals surface area contributed by atoms with Gasteiger partial charge in [-0.05, 0) is 19.1 Å². The maximum Gasteiger partial charge on any atom is 0.346 e. The van der Waals surface area contributed by atoms with Gasteiger partial charge in [-0.3, -0.25) is 0 Å². The molecule has 2 aliphatic heterocycles. The number of carbonyl (C=O) groups excluding carboxylic acids is 1. The van der Waals surface area contributed by atoms with Crippen molar-refractivity contribution in [3.05, 3.63) is 0 Å². The quantitative estimate of drug-likeness (QED) is 0.708. The number of hydrogen-bond acceptors (Lipinski definition) is 3. The third-order valence-electron chi connectivity index (χ3n) is 3.21. The van der Waals surface area contributed by atoms with E-state index in [2.05, 4.69) is 11.9 Å². The zero-order valence-electron chi connectivity index (χ0n) is 8.49. The highest BCUT2D eigenvalue weighted by Crippen LogP contribution is 2.42. The van der Waals surface area contributed by atoms with E-state index in [0.717, 1.165) is 12.2 Å². The average molecular weight is 213 g/mol. The minimum absolute atomic E-state index is 0.167. The summed E-state index contributed by atoms with van der Waals surface area (Å²) < 4.78 is 0. The molecule has 0 radical (unpaired) electrons. The lowest BCUT2D eigenvalue weighted by Gasteiger charge is -2.36. The summed E-state index contributed by atoms with van der Waals surface area (Å²) in [4.78, 5) is 17.3. The van der Waals surface area contributed by atoms with Gasteiger partial charge in [0.1, 0.15) is 11.4 Å². The fourth-order valence-electron chi connectivity index (χ4n) is 2.41. The van der Waals surface area contributed by atoms with Crippen LogP contribution in [0.15, 0.2) is 4.99 Å². The summed E-state index contributed by atoms with van der Waals surface area (Å²) in [7, 11) is 0. The molecule has 1 saturated heterocycles. The minimum Gasteiger partial charge on any atom is -0.385 e. The molecule has 1 spiro atoms. The Labute approximate surface area is 87.9 Å². The molecule has 2 N–H and O–H groups in total. The highest BCUT2D eigenvalue weighted by Gasteiger charge is 2.54. The van der Waals surface area contributed by atoms with Gasteiger partial charge >= 0.3 is 6.03 Å². The second-order valence-corrected chi connectivity index (χ2v) is 5.16. The van der Waals surface area contributed by atoms with E-state index in [-0.39, 0.29) is 11.6 Å². The number of likely N-dealkylation sites (N-methyl/N-ethyl adjacent to an activating group) is 1. The molecule has 78 valence electrons. The SMILES string of the molecule is CCN1C(=O)N=C(N)C12CCSC2C. The number of amides is 2. The minimum atomic E-state index is -0.281. The van der Waals surface area contributed by atoms with E-state index < -0.39 is 0 Å². The second kappa shape index (κ2) is 3.15. The van der Waals surface area contributed by atoms with Crippen molar-refractivity contribution in [3.8, 4) is 0 Å². The molecule has 0 aromatic carbocycles. The van der Waals surface area contributed by atoms with E-state index in [1.807, 2.05) is 23.6 Å². The summed E-state index contributed by atoms with van der Waals surface area (Å²) in [5.41, 5.74) is 5.61. The third kappa shape index (κ3) is 1.02. The highest BCUT2D eigenvalue weighted by atomic mass is 32.2. The number of amidine groups is 1. The molecule has 0 saturated carbocycles. The van der Waals surface area contributed by atoms with E-state index in [1.165, 1.54) is 0 Å². The molecular weight excluding hydrogens is 198 g/mol. The van der Waals surface area contributed by atoms with Gasteiger partial charge < -0.3 is 10.6 Å². The molecule has 0 aromatic heterocycles. The smallest absolute Gasteiger partial charge is 0.346 e. The van der Waals surface area contributed by atoms with Crippen molar-refractivity contribution in [1.82, 2.24) is 4.90 Å². The number of carbonyl (C=O) groups is 1. The van der Waals surface area contributed by atoms with Crippen molar-refractivity contribution in [2.75, 3.05) is 12.3 Å². The first kappa shape index (κ1) is 9.83. The van der Waals surface area contributed by atoms with E-state index in [1.54, 1.807) is 0 Å². The molecule has 2 unspecified atom stereocenters. The molecule has 0 aromatic rings. The predicted molar refractivity (Wildman–Crippen MR) is 58.7 cm³/mol. The molecule has 0 aliphatic carbocycles. The molecule has 4 nitrogen and oxygen atoms in total. The second-order valence-electron chi connectivity index (χ2n) is 3.71. The molecule has 2 amide bonds. The summed E-state index contributed by atoms with van der Waals surface area (Å²) in [6.45, 7) is 4.79. The number of hydrogen-bond donors (Lipinski definition) is 1. The van der Waals surface area contributed by atoms with E-state index in [9.17, 15) is 4.79 Å². The molecule has 14 heavy (non-hydrogen) atoms. The number of rotatable bonds is 1. The Bertz CT molecular complexity index is 304. The summed E-state index contributed by atoms with van der Waals surface area (Å²) in [5, 5.41) is 0.359. The zero-order chi connectivity index (χ0) is 10.3. The first-order valence-electron chi connectivity index (χ1n) is 4.90. The predicted octanol–water partition coefficient (Wildman–Crippen LogP) is 1.06. The lowest BCUT2D eigenvalue weighted by molar-refractivity contribution is 0.176. The van der Waals surface area contributed by atoms with Crippen molar-refractivity contribution in [1.29, 1.82) is 0 Å². The number of thioether (sulfide) groups is 1. The van der Waals surface area contributed by atoms with Crippen molar-refractivity contribution in [2.45, 2.75) is 31.1 Å². The Balaban J connectivity index is 2.41. The van der Waals surface area contributed by atoms with Gasteiger partial charge in [-0.15, -0.1) is 0 Å². The lowest BCUT2D eigenvalue weighted by atomic mass is 9.90. The number of nitrogens with two attached hydrogens (primary N) is 1. The van der Waals surface area contributed by atoms with Crippen LogP contribution in [0.4, 0.5) is 4.79 Å². The van der Waals surface area contributed by atoms with Gasteiger partial charge in [-0.25, -0.2) is 4.79 Å². The van der Waals surface area contributed by atoms with Gasteiger partial charge in [0.2, 0.25) is 0 Å². The molecule has 2 aliphatic rings. The zero-order valence-corrected chi connectivity index (χ0v) is 9.30. The van der Waals surface area contributed by atoms with E-state index in [0.29, 0.717) is 17.6 Å². The Kier molecular flexibility index (Phi) is 2.21. The van der Waals surface area contributed by atoms with Crippen molar-refractivity contribution in [3.63, 3.8) is 0 Å². The molecule has 2 rings (SSSR count). The molecular formula is C9H15N3OS. The van der Waals surface area contributed by atoms with Crippen LogP contribution in [-0.2, 0) is 0 Å². The molecule has 5 heteroatoms. The average Bonchev–Trinajstić information content (AvgIpc) is 2.60. The van der Waals surface area contributed by atoms with Crippen LogP contribution in [0, 0.1) is 0 Å². The van der Waals surface area contributed by atoms with Gasteiger partial charge in [0.05, 0.1) is 0 Å². The van der Waals surface area contributed by atoms with Crippen LogP contribution in [0.3, 0.4) is 0 Å². The van der Waals surface area contributed by atoms with Gasteiger partial charge in [-0.2, -0.15) is 16.8 Å². The van der Waals surface area contributed by atoms with Gasteiger partial charge in [0, 0.05) is 11.8 Å². The van der Waals surface area contributed by atoms with Crippen LogP contribution >= 0.6 is 11.8 Å². The Morgan fingerprint density at radius 2 is 2.50 bits per heavy atom. The third-order valence-corrected chi connectivity index (χ3v) is 4.54. The largest absolute Gasteiger partial charge is 0.385 e. The lowest BCUT2D eigenvalue weighted by Crippen LogP contribution is -2.57. The van der Waals surface area contributed by atoms with E-state index in [4.69, 9.17) is 5.73 Å². The van der Waals surface area contributed by atoms with Crippen LogP contribution < -0.4 is 5.73 Å². The van der Waals surface area contributed by atoms with Crippen molar-refractivity contribution >= 4 is 23.6 Å². The maximum absolute atomic E-state index is 11.6. The van der Waals surface area contributed by atoms with Gasteiger partial charge in [-0.1, -0.05) is 6.92 Å². The monoisotopic (exact) mass is 213 g/mol. The summed E-state index contributed by atoms with van der Waals surface area (Å²) in [6.07, 6.45) is 0.938. The van der Waals surface area contributed by atoms with Gasteiger partial charge in [0.25, 0.3) is 0 Å². The summed E-state index contributed by atoms with van der Waals surface area (Å²) in [5.74, 6) is 1.57. The normalized spacial score (nSPS) is 37.0. The first-order valence-corrected chi connectivity index (χ1v) is 5.95. The van der Waals surface area contributed by atoms with Gasteiger partial charge in [0.15, 0.2) is 0 Å².